The van der Waals surface area contributed by atoms with E-state index in [0.29, 0.717) is 12.1 Å². The Morgan fingerprint density at radius 2 is 2.09 bits per heavy atom. The van der Waals surface area contributed by atoms with Crippen LogP contribution in [0.5, 0.6) is 0 Å². The van der Waals surface area contributed by atoms with Crippen molar-refractivity contribution in [2.45, 2.75) is 5.92 Å². The standard InChI is InChI=1S/C18H17BrN2O2/c1-23-18(22)12-21-11-16(15-7-2-3-8-17(15)19)14-6-4-5-13(9-14)10-20/h2-9,16,21H,11-12H2,1H3. The molecule has 2 rings (SSSR count). The van der Waals surface area contributed by atoms with Gasteiger partial charge in [0, 0.05) is 16.9 Å². The first kappa shape index (κ1) is 17.2. The lowest BCUT2D eigenvalue weighted by molar-refractivity contribution is -0.139. The van der Waals surface area contributed by atoms with Crippen molar-refractivity contribution in [3.63, 3.8) is 0 Å². The van der Waals surface area contributed by atoms with Crippen LogP contribution in [0.1, 0.15) is 22.6 Å². The van der Waals surface area contributed by atoms with Gasteiger partial charge < -0.3 is 10.1 Å². The molecule has 0 aromatic heterocycles. The molecule has 0 aliphatic heterocycles. The summed E-state index contributed by atoms with van der Waals surface area (Å²) in [7, 11) is 1.37. The van der Waals surface area contributed by atoms with Gasteiger partial charge in [0.2, 0.25) is 0 Å². The Hall–Kier alpha value is -2.16. The van der Waals surface area contributed by atoms with Crippen LogP contribution in [-0.2, 0) is 9.53 Å². The molecule has 2 aromatic rings. The lowest BCUT2D eigenvalue weighted by Gasteiger charge is -2.20. The van der Waals surface area contributed by atoms with Crippen molar-refractivity contribution in [2.24, 2.45) is 0 Å². The average Bonchev–Trinajstić information content (AvgIpc) is 2.59. The molecule has 0 fully saturated rings. The number of carbonyl (C=O) groups is 1. The van der Waals surface area contributed by atoms with Gasteiger partial charge in [-0.05, 0) is 29.3 Å². The lowest BCUT2D eigenvalue weighted by Crippen LogP contribution is -2.28. The molecular formula is C18H17BrN2O2. The number of benzene rings is 2. The van der Waals surface area contributed by atoms with Gasteiger partial charge in [0.25, 0.3) is 0 Å². The largest absolute Gasteiger partial charge is 0.468 e. The van der Waals surface area contributed by atoms with Gasteiger partial charge in [0.1, 0.15) is 0 Å². The molecule has 1 unspecified atom stereocenters. The van der Waals surface area contributed by atoms with Gasteiger partial charge in [-0.25, -0.2) is 0 Å². The summed E-state index contributed by atoms with van der Waals surface area (Å²) in [6.07, 6.45) is 0. The topological polar surface area (TPSA) is 62.1 Å². The third-order valence-electron chi connectivity index (χ3n) is 3.54. The fourth-order valence-corrected chi connectivity index (χ4v) is 2.94. The molecule has 0 aliphatic carbocycles. The van der Waals surface area contributed by atoms with E-state index in [-0.39, 0.29) is 18.4 Å². The number of rotatable bonds is 6. The highest BCUT2D eigenvalue weighted by molar-refractivity contribution is 9.10. The number of nitrogens with zero attached hydrogens (tertiary/aromatic N) is 1. The number of halogens is 1. The van der Waals surface area contributed by atoms with Crippen molar-refractivity contribution in [1.29, 1.82) is 5.26 Å². The number of nitriles is 1. The zero-order valence-electron chi connectivity index (χ0n) is 12.8. The summed E-state index contributed by atoms with van der Waals surface area (Å²) >= 11 is 3.58. The third-order valence-corrected chi connectivity index (χ3v) is 4.27. The summed E-state index contributed by atoms with van der Waals surface area (Å²) in [4.78, 5) is 11.3. The Morgan fingerprint density at radius 1 is 1.30 bits per heavy atom. The molecule has 23 heavy (non-hydrogen) atoms. The predicted octanol–water partition coefficient (Wildman–Crippen LogP) is 3.22. The van der Waals surface area contributed by atoms with E-state index in [1.807, 2.05) is 42.5 Å². The van der Waals surface area contributed by atoms with Crippen molar-refractivity contribution in [3.05, 3.63) is 69.7 Å². The Morgan fingerprint density at radius 3 is 2.78 bits per heavy atom. The smallest absolute Gasteiger partial charge is 0.319 e. The second kappa shape index (κ2) is 8.47. The second-order valence-corrected chi connectivity index (χ2v) is 5.87. The van der Waals surface area contributed by atoms with Gasteiger partial charge in [-0.2, -0.15) is 5.26 Å². The fraction of sp³-hybridized carbons (Fsp3) is 0.222. The van der Waals surface area contributed by atoms with Crippen molar-refractivity contribution in [2.75, 3.05) is 20.2 Å². The molecule has 0 bridgehead atoms. The first-order valence-corrected chi connectivity index (χ1v) is 7.97. The molecular weight excluding hydrogens is 356 g/mol. The fourth-order valence-electron chi connectivity index (χ4n) is 2.38. The maximum atomic E-state index is 11.3. The van der Waals surface area contributed by atoms with Crippen LogP contribution in [0.15, 0.2) is 53.0 Å². The number of methoxy groups -OCH3 is 1. The quantitative estimate of drug-likeness (QED) is 0.790. The van der Waals surface area contributed by atoms with Crippen LogP contribution in [0.25, 0.3) is 0 Å². The molecule has 0 heterocycles. The summed E-state index contributed by atoms with van der Waals surface area (Å²) in [5.41, 5.74) is 2.74. The highest BCUT2D eigenvalue weighted by atomic mass is 79.9. The lowest BCUT2D eigenvalue weighted by atomic mass is 9.90. The third kappa shape index (κ3) is 4.65. The highest BCUT2D eigenvalue weighted by Crippen LogP contribution is 2.30. The maximum Gasteiger partial charge on any atom is 0.319 e. The van der Waals surface area contributed by atoms with Gasteiger partial charge in [-0.1, -0.05) is 46.3 Å². The number of carbonyl (C=O) groups excluding carboxylic acids is 1. The number of nitrogens with one attached hydrogen (secondary N) is 1. The molecule has 0 amide bonds. The van der Waals surface area contributed by atoms with Crippen LogP contribution in [-0.4, -0.2) is 26.2 Å². The van der Waals surface area contributed by atoms with Crippen molar-refractivity contribution >= 4 is 21.9 Å². The molecule has 1 N–H and O–H groups in total. The summed E-state index contributed by atoms with van der Waals surface area (Å²) in [5.74, 6) is -0.287. The van der Waals surface area contributed by atoms with E-state index >= 15 is 0 Å². The molecule has 0 radical (unpaired) electrons. The van der Waals surface area contributed by atoms with E-state index in [1.165, 1.54) is 7.11 Å². The Balaban J connectivity index is 2.29. The molecule has 1 atom stereocenters. The Kier molecular flexibility index (Phi) is 6.33. The van der Waals surface area contributed by atoms with Crippen molar-refractivity contribution in [3.8, 4) is 6.07 Å². The minimum absolute atomic E-state index is 0.0172. The van der Waals surface area contributed by atoms with Gasteiger partial charge in [0.05, 0.1) is 25.3 Å². The molecule has 0 aliphatic rings. The minimum Gasteiger partial charge on any atom is -0.468 e. The maximum absolute atomic E-state index is 11.3. The molecule has 0 saturated carbocycles. The first-order chi connectivity index (χ1) is 11.2. The van der Waals surface area contributed by atoms with Gasteiger partial charge in [0.15, 0.2) is 0 Å². The van der Waals surface area contributed by atoms with E-state index in [4.69, 9.17) is 5.26 Å². The SMILES string of the molecule is COC(=O)CNCC(c1cccc(C#N)c1)c1ccccc1Br. The number of hydrogen-bond donors (Lipinski definition) is 1. The summed E-state index contributed by atoms with van der Waals surface area (Å²) in [6.45, 7) is 0.710. The molecule has 4 nitrogen and oxygen atoms in total. The van der Waals surface area contributed by atoms with Crippen LogP contribution in [0.3, 0.4) is 0 Å². The number of hydrogen-bond acceptors (Lipinski definition) is 4. The van der Waals surface area contributed by atoms with E-state index in [1.54, 1.807) is 6.07 Å². The van der Waals surface area contributed by atoms with E-state index in [9.17, 15) is 4.79 Å². The van der Waals surface area contributed by atoms with Crippen LogP contribution >= 0.6 is 15.9 Å². The van der Waals surface area contributed by atoms with E-state index < -0.39 is 0 Å². The molecule has 5 heteroatoms. The van der Waals surface area contributed by atoms with E-state index in [0.717, 1.165) is 15.6 Å². The molecule has 0 spiro atoms. The second-order valence-electron chi connectivity index (χ2n) is 5.02. The molecule has 0 saturated heterocycles. The minimum atomic E-state index is -0.304. The van der Waals surface area contributed by atoms with Crippen LogP contribution in [0, 0.1) is 11.3 Å². The van der Waals surface area contributed by atoms with Crippen LogP contribution in [0.2, 0.25) is 0 Å². The zero-order valence-corrected chi connectivity index (χ0v) is 14.3. The van der Waals surface area contributed by atoms with Gasteiger partial charge in [-0.15, -0.1) is 0 Å². The van der Waals surface area contributed by atoms with Crippen molar-refractivity contribution in [1.82, 2.24) is 5.32 Å². The van der Waals surface area contributed by atoms with Crippen LogP contribution < -0.4 is 5.32 Å². The van der Waals surface area contributed by atoms with Gasteiger partial charge in [-0.3, -0.25) is 4.79 Å². The summed E-state index contributed by atoms with van der Waals surface area (Å²) in [6, 6.07) is 17.6. The Bertz CT molecular complexity index is 725. The Labute approximate surface area is 144 Å². The molecule has 118 valence electrons. The van der Waals surface area contributed by atoms with Gasteiger partial charge >= 0.3 is 5.97 Å². The average molecular weight is 373 g/mol. The summed E-state index contributed by atoms with van der Waals surface area (Å²) < 4.78 is 5.64. The van der Waals surface area contributed by atoms with E-state index in [2.05, 4.69) is 32.1 Å². The molecule has 2 aromatic carbocycles. The zero-order chi connectivity index (χ0) is 16.7. The normalized spacial score (nSPS) is 11.5. The highest BCUT2D eigenvalue weighted by Gasteiger charge is 2.17. The predicted molar refractivity (Wildman–Crippen MR) is 92.0 cm³/mol. The van der Waals surface area contributed by atoms with Crippen LogP contribution in [0.4, 0.5) is 0 Å². The number of esters is 1. The summed E-state index contributed by atoms with van der Waals surface area (Å²) in [5, 5.41) is 12.2. The monoisotopic (exact) mass is 372 g/mol. The number of ether oxygens (including phenoxy) is 1. The first-order valence-electron chi connectivity index (χ1n) is 7.17. The van der Waals surface area contributed by atoms with Crippen molar-refractivity contribution < 1.29 is 9.53 Å².